The molecule has 0 radical (unpaired) electrons. The van der Waals surface area contributed by atoms with Gasteiger partial charge in [0.1, 0.15) is 5.69 Å². The van der Waals surface area contributed by atoms with Crippen molar-refractivity contribution in [2.24, 2.45) is 0 Å². The van der Waals surface area contributed by atoms with E-state index in [1.807, 2.05) is 0 Å². The van der Waals surface area contributed by atoms with Gasteiger partial charge in [-0.05, 0) is 24.3 Å². The standard InChI is InChI=1S/C7H7ClN2O2/c1-9(10(11)12)7-4-2-6(8)3-5-7/h2-5H,1H3. The van der Waals surface area contributed by atoms with Crippen molar-refractivity contribution in [2.45, 2.75) is 0 Å². The molecule has 0 aromatic heterocycles. The molecular weight excluding hydrogens is 180 g/mol. The summed E-state index contributed by atoms with van der Waals surface area (Å²) in [6.07, 6.45) is 0. The lowest BCUT2D eigenvalue weighted by molar-refractivity contribution is -0.490. The summed E-state index contributed by atoms with van der Waals surface area (Å²) < 4.78 is 0. The SMILES string of the molecule is CN(c1ccc(Cl)cc1)[N+](=O)[O-]. The summed E-state index contributed by atoms with van der Waals surface area (Å²) in [6, 6.07) is 6.39. The monoisotopic (exact) mass is 186 g/mol. The van der Waals surface area contributed by atoms with Crippen LogP contribution < -0.4 is 5.01 Å². The van der Waals surface area contributed by atoms with E-state index in [-0.39, 0.29) is 0 Å². The lowest BCUT2D eigenvalue weighted by atomic mass is 10.3. The highest BCUT2D eigenvalue weighted by atomic mass is 35.5. The summed E-state index contributed by atoms with van der Waals surface area (Å²) in [4.78, 5) is 10.3. The van der Waals surface area contributed by atoms with Gasteiger partial charge in [-0.2, -0.15) is 0 Å². The van der Waals surface area contributed by atoms with Crippen LogP contribution in [-0.4, -0.2) is 12.1 Å². The Morgan fingerprint density at radius 1 is 1.42 bits per heavy atom. The van der Waals surface area contributed by atoms with E-state index in [1.165, 1.54) is 7.05 Å². The molecule has 5 heteroatoms. The van der Waals surface area contributed by atoms with E-state index in [0.29, 0.717) is 10.7 Å². The molecule has 0 amide bonds. The summed E-state index contributed by atoms with van der Waals surface area (Å²) in [7, 11) is 1.38. The van der Waals surface area contributed by atoms with E-state index >= 15 is 0 Å². The van der Waals surface area contributed by atoms with Crippen molar-refractivity contribution in [1.29, 1.82) is 0 Å². The molecule has 0 aliphatic heterocycles. The van der Waals surface area contributed by atoms with Gasteiger partial charge in [0, 0.05) is 5.02 Å². The van der Waals surface area contributed by atoms with Crippen molar-refractivity contribution >= 4 is 17.3 Å². The highest BCUT2D eigenvalue weighted by Crippen LogP contribution is 2.16. The van der Waals surface area contributed by atoms with Crippen molar-refractivity contribution in [3.63, 3.8) is 0 Å². The van der Waals surface area contributed by atoms with E-state index in [9.17, 15) is 10.1 Å². The van der Waals surface area contributed by atoms with Crippen molar-refractivity contribution in [3.05, 3.63) is 39.4 Å². The fourth-order valence-electron chi connectivity index (χ4n) is 0.751. The first kappa shape index (κ1) is 8.80. The van der Waals surface area contributed by atoms with Crippen LogP contribution in [0.5, 0.6) is 0 Å². The number of hydrogen-bond acceptors (Lipinski definition) is 2. The van der Waals surface area contributed by atoms with Gasteiger partial charge >= 0.3 is 0 Å². The van der Waals surface area contributed by atoms with Crippen molar-refractivity contribution in [2.75, 3.05) is 12.1 Å². The predicted octanol–water partition coefficient (Wildman–Crippen LogP) is 1.97. The number of hydrogen-bond donors (Lipinski definition) is 0. The summed E-state index contributed by atoms with van der Waals surface area (Å²) >= 11 is 5.61. The molecule has 4 nitrogen and oxygen atoms in total. The molecule has 0 unspecified atom stereocenters. The van der Waals surface area contributed by atoms with Gasteiger partial charge in [-0.1, -0.05) is 16.6 Å². The van der Waals surface area contributed by atoms with Crippen LogP contribution in [0.15, 0.2) is 24.3 Å². The van der Waals surface area contributed by atoms with Crippen LogP contribution in [0, 0.1) is 10.1 Å². The Kier molecular flexibility index (Phi) is 2.50. The van der Waals surface area contributed by atoms with Gasteiger partial charge in [-0.3, -0.25) is 0 Å². The van der Waals surface area contributed by atoms with E-state index < -0.39 is 5.03 Å². The second-order valence-electron chi connectivity index (χ2n) is 2.24. The Hall–Kier alpha value is -1.29. The van der Waals surface area contributed by atoms with Gasteiger partial charge in [0.15, 0.2) is 5.03 Å². The number of nitro groups is 1. The van der Waals surface area contributed by atoms with Crippen LogP contribution in [0.25, 0.3) is 0 Å². The molecular formula is C7H7ClN2O2. The lowest BCUT2D eigenvalue weighted by Gasteiger charge is -2.06. The van der Waals surface area contributed by atoms with Crippen LogP contribution in [0.3, 0.4) is 0 Å². The maximum absolute atomic E-state index is 10.3. The number of benzene rings is 1. The average Bonchev–Trinajstić information content (AvgIpc) is 2.04. The third kappa shape index (κ3) is 1.85. The van der Waals surface area contributed by atoms with E-state index in [4.69, 9.17) is 11.6 Å². The molecule has 0 heterocycles. The Labute approximate surface area is 74.5 Å². The average molecular weight is 187 g/mol. The van der Waals surface area contributed by atoms with Gasteiger partial charge in [-0.15, -0.1) is 0 Å². The third-order valence-electron chi connectivity index (χ3n) is 1.45. The highest BCUT2D eigenvalue weighted by molar-refractivity contribution is 6.30. The number of rotatable bonds is 2. The second kappa shape index (κ2) is 3.40. The van der Waals surface area contributed by atoms with Gasteiger partial charge in [0.25, 0.3) is 0 Å². The summed E-state index contributed by atoms with van der Waals surface area (Å²) in [5, 5.41) is 11.3. The maximum Gasteiger partial charge on any atom is 0.164 e. The Balaban J connectivity index is 2.89. The smallest absolute Gasteiger partial charge is 0.164 e. The van der Waals surface area contributed by atoms with E-state index in [0.717, 1.165) is 5.01 Å². The summed E-state index contributed by atoms with van der Waals surface area (Å²) in [5.74, 6) is 0. The number of anilines is 1. The number of hydrazine groups is 1. The van der Waals surface area contributed by atoms with E-state index in [1.54, 1.807) is 24.3 Å². The molecule has 0 fully saturated rings. The first-order valence-electron chi connectivity index (χ1n) is 3.25. The largest absolute Gasteiger partial charge is 0.234 e. The van der Waals surface area contributed by atoms with Crippen LogP contribution in [-0.2, 0) is 0 Å². The molecule has 1 aromatic rings. The highest BCUT2D eigenvalue weighted by Gasteiger charge is 2.08. The van der Waals surface area contributed by atoms with Gasteiger partial charge in [0.2, 0.25) is 0 Å². The zero-order valence-electron chi connectivity index (χ0n) is 6.40. The molecule has 0 aliphatic carbocycles. The molecule has 64 valence electrons. The molecule has 1 rings (SSSR count). The second-order valence-corrected chi connectivity index (χ2v) is 2.67. The molecule has 0 saturated carbocycles. The first-order valence-corrected chi connectivity index (χ1v) is 3.62. The van der Waals surface area contributed by atoms with Gasteiger partial charge in [-0.25, -0.2) is 10.1 Å². The first-order chi connectivity index (χ1) is 5.61. The predicted molar refractivity (Wildman–Crippen MR) is 46.8 cm³/mol. The zero-order valence-corrected chi connectivity index (χ0v) is 7.15. The topological polar surface area (TPSA) is 46.4 Å². The number of nitrogens with zero attached hydrogens (tertiary/aromatic N) is 2. The van der Waals surface area contributed by atoms with Crippen LogP contribution in [0.2, 0.25) is 5.02 Å². The molecule has 0 N–H and O–H groups in total. The minimum absolute atomic E-state index is 0.497. The zero-order chi connectivity index (χ0) is 9.14. The molecule has 0 spiro atoms. The third-order valence-corrected chi connectivity index (χ3v) is 1.70. The van der Waals surface area contributed by atoms with E-state index in [2.05, 4.69) is 0 Å². The maximum atomic E-state index is 10.3. The van der Waals surface area contributed by atoms with Crippen LogP contribution in [0.4, 0.5) is 5.69 Å². The molecule has 0 bridgehead atoms. The Morgan fingerprint density at radius 2 is 1.92 bits per heavy atom. The summed E-state index contributed by atoms with van der Waals surface area (Å²) in [6.45, 7) is 0. The molecule has 0 atom stereocenters. The molecule has 0 aliphatic rings. The van der Waals surface area contributed by atoms with Gasteiger partial charge in [0.05, 0.1) is 7.05 Å². The minimum atomic E-state index is -0.497. The Morgan fingerprint density at radius 3 is 2.33 bits per heavy atom. The van der Waals surface area contributed by atoms with Crippen molar-refractivity contribution < 1.29 is 5.03 Å². The lowest BCUT2D eigenvalue weighted by Crippen LogP contribution is -2.24. The quantitative estimate of drug-likeness (QED) is 0.524. The fraction of sp³-hybridized carbons (Fsp3) is 0.143. The van der Waals surface area contributed by atoms with Crippen LogP contribution >= 0.6 is 11.6 Å². The number of halogens is 1. The fourth-order valence-corrected chi connectivity index (χ4v) is 0.877. The van der Waals surface area contributed by atoms with Crippen molar-refractivity contribution in [1.82, 2.24) is 0 Å². The molecule has 12 heavy (non-hydrogen) atoms. The Bertz CT molecular complexity index is 286. The van der Waals surface area contributed by atoms with Crippen molar-refractivity contribution in [3.8, 4) is 0 Å². The summed E-state index contributed by atoms with van der Waals surface area (Å²) in [5.41, 5.74) is 0.504. The van der Waals surface area contributed by atoms with Gasteiger partial charge < -0.3 is 0 Å². The molecule has 0 saturated heterocycles. The normalized spacial score (nSPS) is 9.50. The van der Waals surface area contributed by atoms with Crippen LogP contribution in [0.1, 0.15) is 0 Å². The minimum Gasteiger partial charge on any atom is -0.234 e. The molecule has 1 aromatic carbocycles.